The molecule has 2 rings (SSSR count). The third-order valence-electron chi connectivity index (χ3n) is 4.03. The highest BCUT2D eigenvalue weighted by Crippen LogP contribution is 2.14. The lowest BCUT2D eigenvalue weighted by atomic mass is 10.0. The average molecular weight is 246 g/mol. The van der Waals surface area contributed by atoms with E-state index < -0.39 is 0 Å². The second-order valence-electron chi connectivity index (χ2n) is 5.56. The normalized spacial score (nSPS) is 22.9. The molecular weight excluding hydrogens is 220 g/mol. The minimum atomic E-state index is 0.662. The van der Waals surface area contributed by atoms with Gasteiger partial charge < -0.3 is 5.32 Å². The average Bonchev–Trinajstić information content (AvgIpc) is 2.42. The zero-order valence-electron chi connectivity index (χ0n) is 11.7. The van der Waals surface area contributed by atoms with E-state index in [1.165, 1.54) is 31.5 Å². The van der Waals surface area contributed by atoms with Crippen molar-refractivity contribution in [3.8, 4) is 0 Å². The first-order valence-corrected chi connectivity index (χ1v) is 7.28. The van der Waals surface area contributed by atoms with Gasteiger partial charge in [-0.2, -0.15) is 0 Å². The van der Waals surface area contributed by atoms with Crippen molar-refractivity contribution in [1.82, 2.24) is 10.2 Å². The summed E-state index contributed by atoms with van der Waals surface area (Å²) in [7, 11) is 0. The molecule has 2 nitrogen and oxygen atoms in total. The molecule has 1 N–H and O–H groups in total. The van der Waals surface area contributed by atoms with Gasteiger partial charge in [0, 0.05) is 32.2 Å². The van der Waals surface area contributed by atoms with Crippen LogP contribution in [0.5, 0.6) is 0 Å². The van der Waals surface area contributed by atoms with Crippen LogP contribution in [0.25, 0.3) is 0 Å². The molecule has 1 aliphatic rings. The maximum Gasteiger partial charge on any atom is 0.0261 e. The van der Waals surface area contributed by atoms with Gasteiger partial charge in [0.25, 0.3) is 0 Å². The molecule has 0 amide bonds. The molecule has 1 aromatic carbocycles. The summed E-state index contributed by atoms with van der Waals surface area (Å²) < 4.78 is 0. The third-order valence-corrected chi connectivity index (χ3v) is 4.03. The molecule has 100 valence electrons. The van der Waals surface area contributed by atoms with Crippen LogP contribution in [0.15, 0.2) is 30.3 Å². The molecule has 2 unspecified atom stereocenters. The fourth-order valence-corrected chi connectivity index (χ4v) is 2.66. The molecule has 1 heterocycles. The molecule has 0 saturated carbocycles. The van der Waals surface area contributed by atoms with E-state index in [-0.39, 0.29) is 0 Å². The molecule has 1 fully saturated rings. The smallest absolute Gasteiger partial charge is 0.0261 e. The molecule has 0 bridgehead atoms. The molecule has 2 heteroatoms. The third kappa shape index (κ3) is 3.82. The van der Waals surface area contributed by atoms with Crippen LogP contribution >= 0.6 is 0 Å². The maximum atomic E-state index is 3.53. The van der Waals surface area contributed by atoms with E-state index in [2.05, 4.69) is 54.4 Å². The van der Waals surface area contributed by atoms with E-state index in [0.29, 0.717) is 6.04 Å². The van der Waals surface area contributed by atoms with Crippen LogP contribution in [0, 0.1) is 5.92 Å². The minimum Gasteiger partial charge on any atom is -0.314 e. The lowest BCUT2D eigenvalue weighted by molar-refractivity contribution is 0.138. The number of piperazine rings is 1. The van der Waals surface area contributed by atoms with E-state index in [1.807, 2.05) is 0 Å². The largest absolute Gasteiger partial charge is 0.314 e. The van der Waals surface area contributed by atoms with Gasteiger partial charge in [0.15, 0.2) is 0 Å². The van der Waals surface area contributed by atoms with Gasteiger partial charge in [-0.3, -0.25) is 4.90 Å². The van der Waals surface area contributed by atoms with Gasteiger partial charge in [-0.15, -0.1) is 0 Å². The van der Waals surface area contributed by atoms with Crippen molar-refractivity contribution >= 4 is 0 Å². The van der Waals surface area contributed by atoms with E-state index in [1.54, 1.807) is 0 Å². The van der Waals surface area contributed by atoms with E-state index in [0.717, 1.165) is 19.0 Å². The molecule has 0 aromatic heterocycles. The Morgan fingerprint density at radius 2 is 2.11 bits per heavy atom. The molecule has 2 atom stereocenters. The van der Waals surface area contributed by atoms with Crippen molar-refractivity contribution < 1.29 is 0 Å². The molecule has 0 aliphatic carbocycles. The summed E-state index contributed by atoms with van der Waals surface area (Å²) in [5.41, 5.74) is 1.46. The molecule has 1 aliphatic heterocycles. The molecule has 0 spiro atoms. The van der Waals surface area contributed by atoms with Gasteiger partial charge in [-0.25, -0.2) is 0 Å². The minimum absolute atomic E-state index is 0.662. The van der Waals surface area contributed by atoms with Crippen molar-refractivity contribution in [2.45, 2.75) is 32.7 Å². The van der Waals surface area contributed by atoms with Crippen LogP contribution in [0.3, 0.4) is 0 Å². The standard InChI is InChI=1S/C16H26N2/c1-3-14(2)13-18-10-9-17-12-16(18)11-15-7-5-4-6-8-15/h4-8,14,16-17H,3,9-13H2,1-2H3. The van der Waals surface area contributed by atoms with Crippen molar-refractivity contribution in [2.75, 3.05) is 26.2 Å². The summed E-state index contributed by atoms with van der Waals surface area (Å²) in [6.07, 6.45) is 2.45. The monoisotopic (exact) mass is 246 g/mol. The fraction of sp³-hybridized carbons (Fsp3) is 0.625. The van der Waals surface area contributed by atoms with Gasteiger partial charge in [-0.05, 0) is 17.9 Å². The zero-order valence-corrected chi connectivity index (χ0v) is 11.7. The van der Waals surface area contributed by atoms with Crippen LogP contribution in [-0.2, 0) is 6.42 Å². The van der Waals surface area contributed by atoms with Crippen molar-refractivity contribution in [3.05, 3.63) is 35.9 Å². The Labute approximate surface area is 111 Å². The van der Waals surface area contributed by atoms with Crippen LogP contribution in [-0.4, -0.2) is 37.1 Å². The van der Waals surface area contributed by atoms with Gasteiger partial charge >= 0.3 is 0 Å². The van der Waals surface area contributed by atoms with Gasteiger partial charge in [-0.1, -0.05) is 50.6 Å². The SMILES string of the molecule is CCC(C)CN1CCNCC1Cc1ccccc1. The summed E-state index contributed by atoms with van der Waals surface area (Å²) in [6, 6.07) is 11.5. The fourth-order valence-electron chi connectivity index (χ4n) is 2.66. The first-order chi connectivity index (χ1) is 8.79. The summed E-state index contributed by atoms with van der Waals surface area (Å²) in [5.74, 6) is 0.807. The van der Waals surface area contributed by atoms with E-state index >= 15 is 0 Å². The Bertz CT molecular complexity index is 336. The Hall–Kier alpha value is -0.860. The predicted octanol–water partition coefficient (Wildman–Crippen LogP) is 2.55. The maximum absolute atomic E-state index is 3.53. The Morgan fingerprint density at radius 3 is 2.83 bits per heavy atom. The quantitative estimate of drug-likeness (QED) is 0.859. The molecule has 1 saturated heterocycles. The second-order valence-corrected chi connectivity index (χ2v) is 5.56. The number of nitrogens with zero attached hydrogens (tertiary/aromatic N) is 1. The Kier molecular flexibility index (Phi) is 5.21. The van der Waals surface area contributed by atoms with Crippen LogP contribution in [0.1, 0.15) is 25.8 Å². The highest BCUT2D eigenvalue weighted by atomic mass is 15.2. The number of hydrogen-bond acceptors (Lipinski definition) is 2. The van der Waals surface area contributed by atoms with Gasteiger partial charge in [0.05, 0.1) is 0 Å². The van der Waals surface area contributed by atoms with E-state index in [9.17, 15) is 0 Å². The first kappa shape index (κ1) is 13.6. The van der Waals surface area contributed by atoms with Crippen LogP contribution in [0.2, 0.25) is 0 Å². The summed E-state index contributed by atoms with van der Waals surface area (Å²) in [5, 5.41) is 3.53. The Balaban J connectivity index is 1.95. The van der Waals surface area contributed by atoms with E-state index in [4.69, 9.17) is 0 Å². The molecule has 1 aromatic rings. The molecule has 18 heavy (non-hydrogen) atoms. The first-order valence-electron chi connectivity index (χ1n) is 7.28. The van der Waals surface area contributed by atoms with Crippen molar-refractivity contribution in [2.24, 2.45) is 5.92 Å². The number of benzene rings is 1. The lowest BCUT2D eigenvalue weighted by Gasteiger charge is -2.37. The number of rotatable bonds is 5. The van der Waals surface area contributed by atoms with Crippen LogP contribution < -0.4 is 5.32 Å². The zero-order chi connectivity index (χ0) is 12.8. The molecule has 0 radical (unpaired) electrons. The topological polar surface area (TPSA) is 15.3 Å². The highest BCUT2D eigenvalue weighted by Gasteiger charge is 2.23. The van der Waals surface area contributed by atoms with Crippen molar-refractivity contribution in [1.29, 1.82) is 0 Å². The van der Waals surface area contributed by atoms with Gasteiger partial charge in [0.1, 0.15) is 0 Å². The summed E-state index contributed by atoms with van der Waals surface area (Å²) in [6.45, 7) is 9.37. The van der Waals surface area contributed by atoms with Crippen molar-refractivity contribution in [3.63, 3.8) is 0 Å². The number of nitrogens with one attached hydrogen (secondary N) is 1. The van der Waals surface area contributed by atoms with Gasteiger partial charge in [0.2, 0.25) is 0 Å². The van der Waals surface area contributed by atoms with Crippen LogP contribution in [0.4, 0.5) is 0 Å². The highest BCUT2D eigenvalue weighted by molar-refractivity contribution is 5.16. The predicted molar refractivity (Wildman–Crippen MR) is 77.8 cm³/mol. The Morgan fingerprint density at radius 1 is 1.33 bits per heavy atom. The summed E-state index contributed by atoms with van der Waals surface area (Å²) >= 11 is 0. The lowest BCUT2D eigenvalue weighted by Crippen LogP contribution is -2.53. The molecular formula is C16H26N2. The second kappa shape index (κ2) is 6.91. The summed E-state index contributed by atoms with van der Waals surface area (Å²) in [4.78, 5) is 2.68. The number of hydrogen-bond donors (Lipinski definition) is 1.